The van der Waals surface area contributed by atoms with Crippen LogP contribution in [0.15, 0.2) is 76.4 Å². The first-order chi connectivity index (χ1) is 13.6. The molecule has 0 saturated heterocycles. The molecule has 0 radical (unpaired) electrons. The SMILES string of the molecule is CCN(c1ccccc1)S(=O)(=O)c1ccc(NCCSCc2ccco2)[nH+]c1. The van der Waals surface area contributed by atoms with Gasteiger partial charge in [0.2, 0.25) is 0 Å². The first-order valence-electron chi connectivity index (χ1n) is 9.05. The van der Waals surface area contributed by atoms with Crippen LogP contribution in [0.4, 0.5) is 11.5 Å². The largest absolute Gasteiger partial charge is 0.468 e. The molecule has 0 atom stereocenters. The molecule has 6 nitrogen and oxygen atoms in total. The summed E-state index contributed by atoms with van der Waals surface area (Å²) in [5, 5.41) is 3.26. The van der Waals surface area contributed by atoms with Crippen LogP contribution < -0.4 is 14.6 Å². The van der Waals surface area contributed by atoms with Gasteiger partial charge in [-0.15, -0.1) is 11.8 Å². The topological polar surface area (TPSA) is 76.7 Å². The first-order valence-corrected chi connectivity index (χ1v) is 11.6. The third-order valence-electron chi connectivity index (χ3n) is 4.09. The van der Waals surface area contributed by atoms with Crippen molar-refractivity contribution in [3.8, 4) is 0 Å². The van der Waals surface area contributed by atoms with Gasteiger partial charge >= 0.3 is 0 Å². The van der Waals surface area contributed by atoms with Gasteiger partial charge in [-0.1, -0.05) is 18.2 Å². The molecule has 0 fully saturated rings. The fourth-order valence-corrected chi connectivity index (χ4v) is 4.92. The standard InChI is InChI=1S/C20H23N3O3S2/c1-2-23(17-7-4-3-5-8-17)28(24,25)19-10-11-20(22-15-19)21-12-14-27-16-18-9-6-13-26-18/h3-11,13,15H,2,12,14,16H2,1H3,(H,21,22)/p+1. The van der Waals surface area contributed by atoms with Gasteiger partial charge in [0.15, 0.2) is 0 Å². The second-order valence-corrected chi connectivity index (χ2v) is 8.97. The van der Waals surface area contributed by atoms with E-state index < -0.39 is 10.0 Å². The molecule has 2 aromatic heterocycles. The Labute approximate surface area is 170 Å². The summed E-state index contributed by atoms with van der Waals surface area (Å²) in [7, 11) is -3.62. The van der Waals surface area contributed by atoms with Gasteiger partial charge in [-0.2, -0.15) is 0 Å². The molecule has 0 bridgehead atoms. The van der Waals surface area contributed by atoms with Crippen LogP contribution >= 0.6 is 11.8 Å². The van der Waals surface area contributed by atoms with E-state index in [9.17, 15) is 8.42 Å². The third kappa shape index (κ3) is 5.08. The zero-order chi connectivity index (χ0) is 19.8. The number of aromatic nitrogens is 1. The first kappa shape index (κ1) is 20.3. The Morgan fingerprint density at radius 1 is 1.11 bits per heavy atom. The molecule has 2 N–H and O–H groups in total. The molecule has 2 heterocycles. The maximum atomic E-state index is 13.0. The predicted octanol–water partition coefficient (Wildman–Crippen LogP) is 3.65. The van der Waals surface area contributed by atoms with Crippen LogP contribution in [-0.4, -0.2) is 27.3 Å². The number of nitrogens with zero attached hydrogens (tertiary/aromatic N) is 1. The van der Waals surface area contributed by atoms with Crippen LogP contribution in [0.3, 0.4) is 0 Å². The number of hydrogen-bond acceptors (Lipinski definition) is 5. The van der Waals surface area contributed by atoms with E-state index in [1.54, 1.807) is 42.3 Å². The highest BCUT2D eigenvalue weighted by Crippen LogP contribution is 2.22. The quantitative estimate of drug-likeness (QED) is 0.509. The minimum Gasteiger partial charge on any atom is -0.468 e. The van der Waals surface area contributed by atoms with Crippen molar-refractivity contribution in [2.75, 3.05) is 28.5 Å². The lowest BCUT2D eigenvalue weighted by atomic mass is 10.3. The number of benzene rings is 1. The number of H-pyrrole nitrogens is 1. The number of pyridine rings is 1. The predicted molar refractivity (Wildman–Crippen MR) is 113 cm³/mol. The van der Waals surface area contributed by atoms with E-state index >= 15 is 0 Å². The molecule has 3 rings (SSSR count). The highest BCUT2D eigenvalue weighted by atomic mass is 32.2. The van der Waals surface area contributed by atoms with Gasteiger partial charge in [-0.25, -0.2) is 13.4 Å². The van der Waals surface area contributed by atoms with Gasteiger partial charge in [-0.05, 0) is 37.3 Å². The Bertz CT molecular complexity index is 944. The van der Waals surface area contributed by atoms with Gasteiger partial charge < -0.3 is 4.42 Å². The van der Waals surface area contributed by atoms with E-state index in [1.165, 1.54) is 10.5 Å². The number of nitrogens with one attached hydrogen (secondary N) is 2. The summed E-state index contributed by atoms with van der Waals surface area (Å²) < 4.78 is 32.6. The van der Waals surface area contributed by atoms with Crippen molar-refractivity contribution >= 4 is 33.3 Å². The number of rotatable bonds is 10. The van der Waals surface area contributed by atoms with Crippen LogP contribution in [-0.2, 0) is 15.8 Å². The van der Waals surface area contributed by atoms with Crippen molar-refractivity contribution in [2.45, 2.75) is 17.6 Å². The van der Waals surface area contributed by atoms with E-state index in [0.29, 0.717) is 12.2 Å². The molecule has 0 amide bonds. The molecule has 3 aromatic rings. The molecule has 0 aliphatic rings. The zero-order valence-corrected chi connectivity index (χ0v) is 17.3. The Hall–Kier alpha value is -2.45. The summed E-state index contributed by atoms with van der Waals surface area (Å²) in [6.45, 7) is 2.95. The molecule has 0 aliphatic carbocycles. The maximum Gasteiger partial charge on any atom is 0.272 e. The summed E-state index contributed by atoms with van der Waals surface area (Å²) in [6.07, 6.45) is 3.20. The summed E-state index contributed by atoms with van der Waals surface area (Å²) in [6, 6.07) is 16.3. The summed E-state index contributed by atoms with van der Waals surface area (Å²) >= 11 is 1.77. The molecular formula is C20H24N3O3S2+. The van der Waals surface area contributed by atoms with Crippen molar-refractivity contribution in [1.82, 2.24) is 0 Å². The van der Waals surface area contributed by atoms with Crippen molar-refractivity contribution in [1.29, 1.82) is 0 Å². The minimum atomic E-state index is -3.62. The lowest BCUT2D eigenvalue weighted by Crippen LogP contribution is -2.31. The van der Waals surface area contributed by atoms with E-state index in [2.05, 4.69) is 10.3 Å². The molecule has 0 saturated carbocycles. The van der Waals surface area contributed by atoms with E-state index in [4.69, 9.17) is 4.42 Å². The second kappa shape index (κ2) is 9.66. The molecule has 28 heavy (non-hydrogen) atoms. The smallest absolute Gasteiger partial charge is 0.272 e. The number of para-hydroxylation sites is 1. The number of thioether (sulfide) groups is 1. The fraction of sp³-hybridized carbons (Fsp3) is 0.250. The van der Waals surface area contributed by atoms with Crippen LogP contribution in [0.1, 0.15) is 12.7 Å². The maximum absolute atomic E-state index is 13.0. The van der Waals surface area contributed by atoms with Crippen molar-refractivity contribution in [3.05, 3.63) is 72.8 Å². The fourth-order valence-electron chi connectivity index (χ4n) is 2.72. The molecule has 0 unspecified atom stereocenters. The Morgan fingerprint density at radius 2 is 1.93 bits per heavy atom. The van der Waals surface area contributed by atoms with Gasteiger partial charge in [0.1, 0.15) is 16.9 Å². The Balaban J connectivity index is 1.56. The number of furan rings is 1. The average molecular weight is 419 g/mol. The van der Waals surface area contributed by atoms with Crippen LogP contribution in [0.5, 0.6) is 0 Å². The monoisotopic (exact) mass is 418 g/mol. The number of hydrogen-bond donors (Lipinski definition) is 1. The number of sulfonamides is 1. The average Bonchev–Trinajstić information content (AvgIpc) is 3.23. The number of anilines is 2. The van der Waals surface area contributed by atoms with Crippen molar-refractivity contribution < 1.29 is 17.8 Å². The summed E-state index contributed by atoms with van der Waals surface area (Å²) in [4.78, 5) is 3.27. The molecule has 1 aromatic carbocycles. The summed E-state index contributed by atoms with van der Waals surface area (Å²) in [5.74, 6) is 3.49. The minimum absolute atomic E-state index is 0.232. The normalized spacial score (nSPS) is 11.3. The zero-order valence-electron chi connectivity index (χ0n) is 15.7. The van der Waals surface area contributed by atoms with Gasteiger partial charge in [-0.3, -0.25) is 9.62 Å². The van der Waals surface area contributed by atoms with Crippen LogP contribution in [0.25, 0.3) is 0 Å². The van der Waals surface area contributed by atoms with Gasteiger partial charge in [0, 0.05) is 18.4 Å². The second-order valence-electron chi connectivity index (χ2n) is 6.00. The third-order valence-corrected chi connectivity index (χ3v) is 6.97. The molecule has 0 spiro atoms. The van der Waals surface area contributed by atoms with E-state index in [1.807, 2.05) is 37.3 Å². The van der Waals surface area contributed by atoms with Gasteiger partial charge in [0.05, 0.1) is 24.2 Å². The molecular weight excluding hydrogens is 394 g/mol. The Morgan fingerprint density at radius 3 is 2.57 bits per heavy atom. The summed E-state index contributed by atoms with van der Waals surface area (Å²) in [5.41, 5.74) is 0.654. The number of aromatic amines is 1. The lowest BCUT2D eigenvalue weighted by molar-refractivity contribution is -0.364. The lowest BCUT2D eigenvalue weighted by Gasteiger charge is -2.22. The van der Waals surface area contributed by atoms with E-state index in [-0.39, 0.29) is 4.90 Å². The van der Waals surface area contributed by atoms with E-state index in [0.717, 1.165) is 29.6 Å². The van der Waals surface area contributed by atoms with Gasteiger partial charge in [0.25, 0.3) is 15.8 Å². The van der Waals surface area contributed by atoms with Crippen LogP contribution in [0.2, 0.25) is 0 Å². The molecule has 0 aliphatic heterocycles. The van der Waals surface area contributed by atoms with Crippen molar-refractivity contribution in [2.24, 2.45) is 0 Å². The molecule has 8 heteroatoms. The Kier molecular flexibility index (Phi) is 7.00. The highest BCUT2D eigenvalue weighted by molar-refractivity contribution is 7.98. The molecule has 148 valence electrons. The van der Waals surface area contributed by atoms with Crippen molar-refractivity contribution in [3.63, 3.8) is 0 Å². The highest BCUT2D eigenvalue weighted by Gasteiger charge is 2.24. The van der Waals surface area contributed by atoms with Crippen LogP contribution in [0, 0.1) is 0 Å².